The number of aliphatic carboxylic acids is 1. The van der Waals surface area contributed by atoms with E-state index in [-0.39, 0.29) is 77.1 Å². The number of nitrogens with one attached hydrogen (secondary N) is 1. The Kier molecular flexibility index (Phi) is 65.1. The molecule has 0 aliphatic carbocycles. The number of carboxylic acids is 1. The monoisotopic (exact) mass is 482 g/mol. The summed E-state index contributed by atoms with van der Waals surface area (Å²) in [5, 5.41) is 11.1. The van der Waals surface area contributed by atoms with Crippen LogP contribution in [0, 0.1) is 0 Å². The van der Waals surface area contributed by atoms with Crippen molar-refractivity contribution in [1.29, 1.82) is 0 Å². The summed E-state index contributed by atoms with van der Waals surface area (Å²) in [6.45, 7) is 11.1. The van der Waals surface area contributed by atoms with Gasteiger partial charge in [0.1, 0.15) is 5.78 Å². The van der Waals surface area contributed by atoms with Gasteiger partial charge in [0, 0.05) is 78.2 Å². The van der Waals surface area contributed by atoms with Crippen LogP contribution in [0.3, 0.4) is 0 Å². The Morgan fingerprint density at radius 2 is 1.22 bits per heavy atom. The number of unbranched alkanes of at least 4 members (excludes halogenated alkanes) is 2. The van der Waals surface area contributed by atoms with E-state index in [0.717, 1.165) is 32.6 Å². The van der Waals surface area contributed by atoms with E-state index in [2.05, 4.69) is 19.2 Å². The number of ketones is 1. The van der Waals surface area contributed by atoms with Gasteiger partial charge in [-0.25, -0.2) is 0 Å². The molecule has 0 aromatic rings. The minimum absolute atomic E-state index is 0. The SMILES string of the molecule is CC(=O)O.CC(C)=O.CCCC[N-]C(C)=O.CCCC[NH-].[Y].[Y]. The van der Waals surface area contributed by atoms with Crippen LogP contribution in [0.4, 0.5) is 0 Å². The summed E-state index contributed by atoms with van der Waals surface area (Å²) in [5.41, 5.74) is 6.60. The van der Waals surface area contributed by atoms with Crippen LogP contribution in [0.15, 0.2) is 0 Å². The third-order valence-corrected chi connectivity index (χ3v) is 1.38. The van der Waals surface area contributed by atoms with E-state index in [1.54, 1.807) is 0 Å². The van der Waals surface area contributed by atoms with Crippen molar-refractivity contribution in [2.45, 2.75) is 67.2 Å². The number of nitrogens with zero attached hydrogens (tertiary/aromatic N) is 1. The van der Waals surface area contributed by atoms with Gasteiger partial charge in [0.25, 0.3) is 5.97 Å². The smallest absolute Gasteiger partial charge is 0.300 e. The molecule has 8 heteroatoms. The molecule has 0 aliphatic rings. The first kappa shape index (κ1) is 39.0. The van der Waals surface area contributed by atoms with Gasteiger partial charge in [0.05, 0.1) is 0 Å². The summed E-state index contributed by atoms with van der Waals surface area (Å²) >= 11 is 0. The molecule has 0 spiro atoms. The Bertz CT molecular complexity index is 232. The fourth-order valence-electron chi connectivity index (χ4n) is 0.571. The second kappa shape index (κ2) is 38.4. The quantitative estimate of drug-likeness (QED) is 0.592. The van der Waals surface area contributed by atoms with Gasteiger partial charge in [-0.3, -0.25) is 4.79 Å². The van der Waals surface area contributed by atoms with Crippen LogP contribution in [0.2, 0.25) is 0 Å². The van der Waals surface area contributed by atoms with Crippen LogP contribution >= 0.6 is 0 Å². The number of hydrogen-bond acceptors (Lipinski definition) is 3. The van der Waals surface area contributed by atoms with Crippen LogP contribution in [0.1, 0.15) is 67.2 Å². The van der Waals surface area contributed by atoms with E-state index < -0.39 is 5.97 Å². The molecule has 0 aromatic heterocycles. The largest absolute Gasteiger partial charge is 0.677 e. The molecule has 0 fully saturated rings. The third kappa shape index (κ3) is 163. The van der Waals surface area contributed by atoms with Crippen molar-refractivity contribution in [3.05, 3.63) is 11.1 Å². The number of carbonyl (C=O) groups excluding carboxylic acids is 2. The number of carboxylic acid groups (broad SMARTS) is 1. The van der Waals surface area contributed by atoms with Crippen molar-refractivity contribution in [2.24, 2.45) is 0 Å². The molecule has 1 amide bonds. The van der Waals surface area contributed by atoms with Crippen LogP contribution in [0.5, 0.6) is 0 Å². The van der Waals surface area contributed by atoms with Gasteiger partial charge in [-0.05, 0) is 20.8 Å². The zero-order chi connectivity index (χ0) is 17.7. The molecular weight excluding hydrogens is 450 g/mol. The molecule has 0 saturated heterocycles. The molecule has 2 N–H and O–H groups in total. The van der Waals surface area contributed by atoms with Gasteiger partial charge in [0.15, 0.2) is 0 Å². The minimum atomic E-state index is -0.833. The van der Waals surface area contributed by atoms with Gasteiger partial charge in [-0.15, -0.1) is 6.54 Å². The van der Waals surface area contributed by atoms with E-state index in [1.807, 2.05) is 0 Å². The van der Waals surface area contributed by atoms with E-state index in [4.69, 9.17) is 15.6 Å². The average Bonchev–Trinajstić information content (AvgIpc) is 2.29. The molecular formula is C15H32N2O4Y2-2. The van der Waals surface area contributed by atoms with Gasteiger partial charge >= 0.3 is 0 Å². The molecule has 0 aliphatic heterocycles. The summed E-state index contributed by atoms with van der Waals surface area (Å²) in [6.07, 6.45) is 4.35. The van der Waals surface area contributed by atoms with Crippen LogP contribution in [-0.4, -0.2) is 35.9 Å². The molecule has 0 rings (SSSR count). The molecule has 0 atom stereocenters. The molecule has 0 saturated carbocycles. The van der Waals surface area contributed by atoms with Crippen molar-refractivity contribution >= 4 is 17.7 Å². The Hall–Kier alpha value is 0.778. The normalized spacial score (nSPS) is 7.09. The fourth-order valence-corrected chi connectivity index (χ4v) is 0.571. The minimum Gasteiger partial charge on any atom is -0.677 e. The number of amides is 1. The summed E-state index contributed by atoms with van der Waals surface area (Å²) in [4.78, 5) is 28.6. The number of Topliss-reactive ketones (excluding diaryl/α,β-unsaturated/α-hetero) is 1. The Balaban J connectivity index is -0.0000000427. The predicted molar refractivity (Wildman–Crippen MR) is 87.6 cm³/mol. The molecule has 2 radical (unpaired) electrons. The molecule has 6 nitrogen and oxygen atoms in total. The van der Waals surface area contributed by atoms with E-state index in [1.165, 1.54) is 20.8 Å². The molecule has 0 bridgehead atoms. The second-order valence-corrected chi connectivity index (χ2v) is 4.29. The number of carbonyl (C=O) groups is 3. The first-order valence-corrected chi connectivity index (χ1v) is 7.14. The van der Waals surface area contributed by atoms with E-state index >= 15 is 0 Å². The number of rotatable bonds is 5. The zero-order valence-corrected chi connectivity index (χ0v) is 21.2. The van der Waals surface area contributed by atoms with Crippen molar-refractivity contribution in [1.82, 2.24) is 0 Å². The summed E-state index contributed by atoms with van der Waals surface area (Å²) in [6, 6.07) is 0. The molecule has 0 unspecified atom stereocenters. The van der Waals surface area contributed by atoms with Crippen LogP contribution in [0.25, 0.3) is 11.1 Å². The molecule has 134 valence electrons. The van der Waals surface area contributed by atoms with Crippen molar-refractivity contribution in [2.75, 3.05) is 13.1 Å². The predicted octanol–water partition coefficient (Wildman–Crippen LogP) is 4.23. The van der Waals surface area contributed by atoms with Crippen LogP contribution in [-0.2, 0) is 79.8 Å². The first-order valence-electron chi connectivity index (χ1n) is 7.14. The first-order chi connectivity index (χ1) is 9.65. The Morgan fingerprint density at radius 1 is 0.913 bits per heavy atom. The van der Waals surface area contributed by atoms with Crippen molar-refractivity contribution in [3.63, 3.8) is 0 Å². The maximum absolute atomic E-state index is 10.2. The van der Waals surface area contributed by atoms with Gasteiger partial charge < -0.3 is 25.7 Å². The summed E-state index contributed by atoms with van der Waals surface area (Å²) in [7, 11) is 0. The maximum Gasteiger partial charge on any atom is 0.300 e. The molecule has 0 heterocycles. The topological polar surface area (TPSA) is 109 Å². The van der Waals surface area contributed by atoms with Crippen LogP contribution < -0.4 is 0 Å². The average molecular weight is 482 g/mol. The molecule has 0 aromatic carbocycles. The molecule has 23 heavy (non-hydrogen) atoms. The van der Waals surface area contributed by atoms with Gasteiger partial charge in [-0.1, -0.05) is 39.5 Å². The number of hydrogen-bond donors (Lipinski definition) is 1. The van der Waals surface area contributed by atoms with E-state index in [0.29, 0.717) is 13.1 Å². The van der Waals surface area contributed by atoms with Crippen molar-refractivity contribution < 1.29 is 84.9 Å². The zero-order valence-electron chi connectivity index (χ0n) is 15.5. The fraction of sp³-hybridized carbons (Fsp3) is 0.800. The third-order valence-electron chi connectivity index (χ3n) is 1.38. The van der Waals surface area contributed by atoms with E-state index in [9.17, 15) is 9.59 Å². The summed E-state index contributed by atoms with van der Waals surface area (Å²) < 4.78 is 0. The summed E-state index contributed by atoms with van der Waals surface area (Å²) in [5.74, 6) is -0.724. The van der Waals surface area contributed by atoms with Gasteiger partial charge in [0.2, 0.25) is 0 Å². The second-order valence-electron chi connectivity index (χ2n) is 4.29. The van der Waals surface area contributed by atoms with Gasteiger partial charge in [-0.2, -0.15) is 6.54 Å². The standard InChI is InChI=1S/C6H13NO.C4H10N.C3H6O.C2H4O2.2Y/c1-3-4-5-7-6(2)8;1-2-3-4-5;1-3(2)4;1-2(3)4;;/h3-5H2,1-2H3,(H,7,8);5H,2-4H2,1H3;1-2H3;1H3,(H,3,4);;/q;-1;;;;/p-1. The van der Waals surface area contributed by atoms with Crippen molar-refractivity contribution in [3.8, 4) is 0 Å². The maximum atomic E-state index is 10.2. The Morgan fingerprint density at radius 3 is 1.35 bits per heavy atom. The Labute approximate surface area is 192 Å².